The molecule has 0 aliphatic carbocycles. The predicted molar refractivity (Wildman–Crippen MR) is 89.8 cm³/mol. The molecule has 0 saturated heterocycles. The number of aryl methyl sites for hydroxylation is 2. The number of hydrogen-bond donors (Lipinski definition) is 3. The van der Waals surface area contributed by atoms with Crippen molar-refractivity contribution in [3.05, 3.63) is 34.3 Å². The summed E-state index contributed by atoms with van der Waals surface area (Å²) in [6.07, 6.45) is 0. The summed E-state index contributed by atoms with van der Waals surface area (Å²) in [5, 5.41) is 8.96. The highest BCUT2D eigenvalue weighted by atomic mass is 32.1. The average Bonchev–Trinajstić information content (AvgIpc) is 2.76. The summed E-state index contributed by atoms with van der Waals surface area (Å²) >= 11 is 1.42. The fourth-order valence-corrected chi connectivity index (χ4v) is 2.69. The fraction of sp³-hybridized carbons (Fsp3) is 0.267. The average molecular weight is 318 g/mol. The lowest BCUT2D eigenvalue weighted by molar-refractivity contribution is -0.114. The molecule has 22 heavy (non-hydrogen) atoms. The smallest absolute Gasteiger partial charge is 0.259 e. The molecule has 1 heterocycles. The molecule has 2 rings (SSSR count). The van der Waals surface area contributed by atoms with Gasteiger partial charge in [-0.3, -0.25) is 14.9 Å². The lowest BCUT2D eigenvalue weighted by Gasteiger charge is -2.11. The lowest BCUT2D eigenvalue weighted by Crippen LogP contribution is -2.17. The van der Waals surface area contributed by atoms with Crippen LogP contribution in [-0.2, 0) is 4.79 Å². The SMILES string of the molecule is CNc1ccc(NC(C)=O)c(C(=O)Nc2nc(C)c(C)s2)c1. The first-order valence-corrected chi connectivity index (χ1v) is 7.57. The summed E-state index contributed by atoms with van der Waals surface area (Å²) in [5.41, 5.74) is 2.53. The molecule has 6 nitrogen and oxygen atoms in total. The van der Waals surface area contributed by atoms with E-state index in [-0.39, 0.29) is 11.8 Å². The van der Waals surface area contributed by atoms with Crippen molar-refractivity contribution < 1.29 is 9.59 Å². The number of thiazole rings is 1. The van der Waals surface area contributed by atoms with Crippen LogP contribution in [0.25, 0.3) is 0 Å². The Morgan fingerprint density at radius 2 is 1.91 bits per heavy atom. The third-order valence-corrected chi connectivity index (χ3v) is 4.10. The van der Waals surface area contributed by atoms with E-state index in [2.05, 4.69) is 20.9 Å². The minimum Gasteiger partial charge on any atom is -0.388 e. The van der Waals surface area contributed by atoms with E-state index in [1.54, 1.807) is 25.2 Å². The maximum absolute atomic E-state index is 12.5. The molecule has 0 radical (unpaired) electrons. The summed E-state index contributed by atoms with van der Waals surface area (Å²) in [4.78, 5) is 29.1. The molecule has 3 N–H and O–H groups in total. The predicted octanol–water partition coefficient (Wildman–Crippen LogP) is 3.01. The summed E-state index contributed by atoms with van der Waals surface area (Å²) < 4.78 is 0. The number of benzene rings is 1. The van der Waals surface area contributed by atoms with Gasteiger partial charge in [-0.05, 0) is 32.0 Å². The molecule has 0 fully saturated rings. The van der Waals surface area contributed by atoms with Gasteiger partial charge in [-0.15, -0.1) is 11.3 Å². The first-order valence-electron chi connectivity index (χ1n) is 6.75. The zero-order chi connectivity index (χ0) is 16.3. The molecular formula is C15H18N4O2S. The first kappa shape index (κ1) is 16.0. The van der Waals surface area contributed by atoms with E-state index in [0.717, 1.165) is 16.3 Å². The van der Waals surface area contributed by atoms with Crippen LogP contribution in [0, 0.1) is 13.8 Å². The van der Waals surface area contributed by atoms with Gasteiger partial charge in [-0.25, -0.2) is 4.98 Å². The summed E-state index contributed by atoms with van der Waals surface area (Å²) in [6.45, 7) is 5.25. The zero-order valence-electron chi connectivity index (χ0n) is 12.9. The van der Waals surface area contributed by atoms with Crippen LogP contribution in [0.3, 0.4) is 0 Å². The minimum atomic E-state index is -0.311. The summed E-state index contributed by atoms with van der Waals surface area (Å²) in [5.74, 6) is -0.540. The van der Waals surface area contributed by atoms with Crippen LogP contribution in [0.4, 0.5) is 16.5 Å². The van der Waals surface area contributed by atoms with E-state index in [0.29, 0.717) is 16.4 Å². The van der Waals surface area contributed by atoms with Gasteiger partial charge < -0.3 is 10.6 Å². The molecule has 0 unspecified atom stereocenters. The molecule has 0 atom stereocenters. The van der Waals surface area contributed by atoms with Gasteiger partial charge >= 0.3 is 0 Å². The summed E-state index contributed by atoms with van der Waals surface area (Å²) in [7, 11) is 1.77. The third-order valence-electron chi connectivity index (χ3n) is 3.11. The second-order valence-electron chi connectivity index (χ2n) is 4.81. The topological polar surface area (TPSA) is 83.1 Å². The molecule has 1 aromatic carbocycles. The Morgan fingerprint density at radius 3 is 2.45 bits per heavy atom. The van der Waals surface area contributed by atoms with Crippen molar-refractivity contribution in [2.75, 3.05) is 23.0 Å². The van der Waals surface area contributed by atoms with Crippen LogP contribution < -0.4 is 16.0 Å². The molecule has 0 spiro atoms. The van der Waals surface area contributed by atoms with E-state index in [1.807, 2.05) is 13.8 Å². The van der Waals surface area contributed by atoms with Crippen LogP contribution in [0.15, 0.2) is 18.2 Å². The van der Waals surface area contributed by atoms with E-state index < -0.39 is 0 Å². The number of hydrogen-bond acceptors (Lipinski definition) is 5. The Bertz CT molecular complexity index is 705. The largest absolute Gasteiger partial charge is 0.388 e. The van der Waals surface area contributed by atoms with Crippen molar-refractivity contribution in [1.29, 1.82) is 0 Å². The van der Waals surface area contributed by atoms with Gasteiger partial charge in [0.2, 0.25) is 5.91 Å². The number of anilines is 3. The molecular weight excluding hydrogens is 300 g/mol. The van der Waals surface area contributed by atoms with Crippen LogP contribution in [0.1, 0.15) is 27.9 Å². The molecule has 116 valence electrons. The molecule has 0 aliphatic rings. The normalized spacial score (nSPS) is 10.2. The van der Waals surface area contributed by atoms with Gasteiger partial charge in [0.05, 0.1) is 16.9 Å². The molecule has 2 amide bonds. The highest BCUT2D eigenvalue weighted by Gasteiger charge is 2.15. The molecule has 1 aromatic heterocycles. The van der Waals surface area contributed by atoms with Crippen molar-refractivity contribution in [2.45, 2.75) is 20.8 Å². The van der Waals surface area contributed by atoms with Gasteiger partial charge in [0.25, 0.3) is 5.91 Å². The molecule has 2 aromatic rings. The van der Waals surface area contributed by atoms with E-state index >= 15 is 0 Å². The molecule has 0 aliphatic heterocycles. The number of carbonyl (C=O) groups excluding carboxylic acids is 2. The maximum Gasteiger partial charge on any atom is 0.259 e. The number of nitrogens with zero attached hydrogens (tertiary/aromatic N) is 1. The Labute approximate surface area is 133 Å². The number of nitrogens with one attached hydrogen (secondary N) is 3. The van der Waals surface area contributed by atoms with Gasteiger partial charge in [0, 0.05) is 24.5 Å². The van der Waals surface area contributed by atoms with Gasteiger partial charge in [0.1, 0.15) is 0 Å². The van der Waals surface area contributed by atoms with Gasteiger partial charge in [-0.1, -0.05) is 0 Å². The highest BCUT2D eigenvalue weighted by molar-refractivity contribution is 7.15. The van der Waals surface area contributed by atoms with Crippen molar-refractivity contribution in [3.8, 4) is 0 Å². The maximum atomic E-state index is 12.5. The second-order valence-corrected chi connectivity index (χ2v) is 6.01. The van der Waals surface area contributed by atoms with Crippen LogP contribution in [0.2, 0.25) is 0 Å². The van der Waals surface area contributed by atoms with E-state index in [9.17, 15) is 9.59 Å². The summed E-state index contributed by atoms with van der Waals surface area (Å²) in [6, 6.07) is 5.17. The standard InChI is InChI=1S/C15H18N4O2S/c1-8-9(2)22-15(17-8)19-14(21)12-7-11(16-4)5-6-13(12)18-10(3)20/h5-7,16H,1-4H3,(H,18,20)(H,17,19,21). The van der Waals surface area contributed by atoms with Crippen LogP contribution in [0.5, 0.6) is 0 Å². The van der Waals surface area contributed by atoms with Gasteiger partial charge in [-0.2, -0.15) is 0 Å². The molecule has 0 bridgehead atoms. The van der Waals surface area contributed by atoms with Crippen LogP contribution >= 0.6 is 11.3 Å². The highest BCUT2D eigenvalue weighted by Crippen LogP contribution is 2.25. The third kappa shape index (κ3) is 3.62. The lowest BCUT2D eigenvalue weighted by atomic mass is 10.1. The number of amides is 2. The molecule has 7 heteroatoms. The van der Waals surface area contributed by atoms with Crippen molar-refractivity contribution in [2.24, 2.45) is 0 Å². The van der Waals surface area contributed by atoms with Crippen LogP contribution in [-0.4, -0.2) is 23.8 Å². The number of aromatic nitrogens is 1. The Kier molecular flexibility index (Phi) is 4.77. The monoisotopic (exact) mass is 318 g/mol. The Morgan fingerprint density at radius 1 is 1.18 bits per heavy atom. The van der Waals surface area contributed by atoms with Crippen molar-refractivity contribution in [1.82, 2.24) is 4.98 Å². The Balaban J connectivity index is 2.31. The quantitative estimate of drug-likeness (QED) is 0.809. The number of carbonyl (C=O) groups is 2. The first-order chi connectivity index (χ1) is 10.4. The minimum absolute atomic E-state index is 0.229. The second kappa shape index (κ2) is 6.57. The fourth-order valence-electron chi connectivity index (χ4n) is 1.88. The van der Waals surface area contributed by atoms with Gasteiger partial charge in [0.15, 0.2) is 5.13 Å². The number of rotatable bonds is 4. The van der Waals surface area contributed by atoms with E-state index in [4.69, 9.17) is 0 Å². The Hall–Kier alpha value is -2.41. The van der Waals surface area contributed by atoms with Crippen molar-refractivity contribution >= 4 is 39.7 Å². The van der Waals surface area contributed by atoms with E-state index in [1.165, 1.54) is 18.3 Å². The van der Waals surface area contributed by atoms with Crippen molar-refractivity contribution in [3.63, 3.8) is 0 Å². The molecule has 0 saturated carbocycles. The zero-order valence-corrected chi connectivity index (χ0v) is 13.7.